The van der Waals surface area contributed by atoms with Crippen LogP contribution in [0.3, 0.4) is 0 Å². The molecule has 0 saturated carbocycles. The molecule has 2 unspecified atom stereocenters. The van der Waals surface area contributed by atoms with Crippen molar-refractivity contribution in [1.29, 1.82) is 0 Å². The Hall–Kier alpha value is -0.120. The van der Waals surface area contributed by atoms with Crippen LogP contribution >= 0.6 is 0 Å². The summed E-state index contributed by atoms with van der Waals surface area (Å²) in [5, 5.41) is 3.46. The molecule has 2 atom stereocenters. The van der Waals surface area contributed by atoms with Crippen LogP contribution in [0.1, 0.15) is 40.5 Å². The molecule has 0 spiro atoms. The predicted molar refractivity (Wildman–Crippen MR) is 73.4 cm³/mol. The van der Waals surface area contributed by atoms with Gasteiger partial charge in [0.2, 0.25) is 0 Å². The number of rotatable bonds is 5. The van der Waals surface area contributed by atoms with Crippen LogP contribution in [-0.4, -0.2) is 50.3 Å². The lowest BCUT2D eigenvalue weighted by Crippen LogP contribution is -2.48. The van der Waals surface area contributed by atoms with Crippen LogP contribution in [0.4, 0.5) is 0 Å². The summed E-state index contributed by atoms with van der Waals surface area (Å²) in [6.45, 7) is 13.3. The van der Waals surface area contributed by atoms with Crippen molar-refractivity contribution in [3.8, 4) is 0 Å². The molecule has 102 valence electrons. The average Bonchev–Trinajstić information content (AvgIpc) is 2.28. The maximum absolute atomic E-state index is 5.55. The van der Waals surface area contributed by atoms with Gasteiger partial charge in [0.15, 0.2) is 0 Å². The summed E-state index contributed by atoms with van der Waals surface area (Å²) in [6.07, 6.45) is 2.41. The van der Waals surface area contributed by atoms with Gasteiger partial charge in [0, 0.05) is 25.2 Å². The van der Waals surface area contributed by atoms with Gasteiger partial charge in [0.25, 0.3) is 0 Å². The molecular weight excluding hydrogens is 212 g/mol. The van der Waals surface area contributed by atoms with Crippen LogP contribution in [0.2, 0.25) is 0 Å². The normalized spacial score (nSPS) is 24.9. The summed E-state index contributed by atoms with van der Waals surface area (Å²) in [4.78, 5) is 2.60. The number of nitrogens with one attached hydrogen (secondary N) is 1. The topological polar surface area (TPSA) is 24.5 Å². The van der Waals surface area contributed by atoms with Crippen LogP contribution in [-0.2, 0) is 4.74 Å². The SMILES string of the molecule is CCC1COCCN1CCC(NC)C(C)(C)C. The molecule has 1 fully saturated rings. The molecule has 0 aromatic heterocycles. The van der Waals surface area contributed by atoms with Gasteiger partial charge < -0.3 is 10.1 Å². The Bertz CT molecular complexity index is 213. The molecule has 0 aliphatic carbocycles. The molecule has 1 N–H and O–H groups in total. The first-order valence-corrected chi connectivity index (χ1v) is 6.98. The third kappa shape index (κ3) is 4.57. The zero-order chi connectivity index (χ0) is 12.9. The molecule has 1 heterocycles. The molecular formula is C14H30N2O. The standard InChI is InChI=1S/C14H30N2O/c1-6-12-11-17-10-9-16(12)8-7-13(15-5)14(2,3)4/h12-13,15H,6-11H2,1-5H3. The third-order valence-corrected chi connectivity index (χ3v) is 3.92. The molecule has 0 bridgehead atoms. The lowest BCUT2D eigenvalue weighted by molar-refractivity contribution is -0.0114. The largest absolute Gasteiger partial charge is 0.378 e. The lowest BCUT2D eigenvalue weighted by Gasteiger charge is -2.38. The molecule has 3 nitrogen and oxygen atoms in total. The summed E-state index contributed by atoms with van der Waals surface area (Å²) in [7, 11) is 2.08. The van der Waals surface area contributed by atoms with Crippen molar-refractivity contribution in [2.45, 2.75) is 52.6 Å². The quantitative estimate of drug-likeness (QED) is 0.799. The molecule has 1 aliphatic heterocycles. The van der Waals surface area contributed by atoms with E-state index in [1.165, 1.54) is 19.4 Å². The molecule has 1 rings (SSSR count). The fourth-order valence-corrected chi connectivity index (χ4v) is 2.66. The Kier molecular flexibility index (Phi) is 5.90. The Labute approximate surface area is 107 Å². The monoisotopic (exact) mass is 242 g/mol. The lowest BCUT2D eigenvalue weighted by atomic mass is 9.84. The van der Waals surface area contributed by atoms with Gasteiger partial charge in [0.1, 0.15) is 0 Å². The minimum absolute atomic E-state index is 0.336. The van der Waals surface area contributed by atoms with E-state index in [2.05, 4.69) is 45.0 Å². The van der Waals surface area contributed by atoms with Crippen LogP contribution in [0, 0.1) is 5.41 Å². The number of ether oxygens (including phenoxy) is 1. The van der Waals surface area contributed by atoms with Crippen molar-refractivity contribution < 1.29 is 4.74 Å². The van der Waals surface area contributed by atoms with Gasteiger partial charge >= 0.3 is 0 Å². The van der Waals surface area contributed by atoms with Crippen molar-refractivity contribution in [3.05, 3.63) is 0 Å². The highest BCUT2D eigenvalue weighted by Gasteiger charge is 2.26. The van der Waals surface area contributed by atoms with Crippen LogP contribution in [0.5, 0.6) is 0 Å². The maximum Gasteiger partial charge on any atom is 0.0622 e. The number of nitrogens with zero attached hydrogens (tertiary/aromatic N) is 1. The minimum Gasteiger partial charge on any atom is -0.378 e. The Morgan fingerprint density at radius 2 is 2.12 bits per heavy atom. The second-order valence-electron chi connectivity index (χ2n) is 6.17. The second-order valence-corrected chi connectivity index (χ2v) is 6.17. The number of morpholine rings is 1. The molecule has 1 saturated heterocycles. The molecule has 0 amide bonds. The van der Waals surface area contributed by atoms with Gasteiger partial charge in [0.05, 0.1) is 13.2 Å². The van der Waals surface area contributed by atoms with Crippen molar-refractivity contribution in [2.75, 3.05) is 33.4 Å². The summed E-state index contributed by atoms with van der Waals surface area (Å²) >= 11 is 0. The fraction of sp³-hybridized carbons (Fsp3) is 1.00. The van der Waals surface area contributed by atoms with Crippen LogP contribution < -0.4 is 5.32 Å². The molecule has 0 aromatic rings. The summed E-state index contributed by atoms with van der Waals surface area (Å²) in [5.41, 5.74) is 0.336. The van der Waals surface area contributed by atoms with Crippen LogP contribution in [0.15, 0.2) is 0 Å². The molecule has 17 heavy (non-hydrogen) atoms. The predicted octanol–water partition coefficient (Wildman–Crippen LogP) is 2.12. The van der Waals surface area contributed by atoms with Gasteiger partial charge in [-0.2, -0.15) is 0 Å². The van der Waals surface area contributed by atoms with Gasteiger partial charge in [-0.15, -0.1) is 0 Å². The van der Waals surface area contributed by atoms with E-state index >= 15 is 0 Å². The van der Waals surface area contributed by atoms with Crippen molar-refractivity contribution >= 4 is 0 Å². The highest BCUT2D eigenvalue weighted by Crippen LogP contribution is 2.22. The third-order valence-electron chi connectivity index (χ3n) is 3.92. The number of hydrogen-bond donors (Lipinski definition) is 1. The van der Waals surface area contributed by atoms with E-state index in [0.717, 1.165) is 19.8 Å². The molecule has 0 aromatic carbocycles. The van der Waals surface area contributed by atoms with Gasteiger partial charge in [-0.3, -0.25) is 4.90 Å². The highest BCUT2D eigenvalue weighted by molar-refractivity contribution is 4.82. The Balaban J connectivity index is 2.42. The molecule has 1 aliphatic rings. The summed E-state index contributed by atoms with van der Waals surface area (Å²) in [5.74, 6) is 0. The van der Waals surface area contributed by atoms with E-state index in [4.69, 9.17) is 4.74 Å². The van der Waals surface area contributed by atoms with E-state index in [9.17, 15) is 0 Å². The Morgan fingerprint density at radius 3 is 2.65 bits per heavy atom. The highest BCUT2D eigenvalue weighted by atomic mass is 16.5. The van der Waals surface area contributed by atoms with E-state index < -0.39 is 0 Å². The van der Waals surface area contributed by atoms with Crippen molar-refractivity contribution in [3.63, 3.8) is 0 Å². The van der Waals surface area contributed by atoms with E-state index in [1.54, 1.807) is 0 Å². The maximum atomic E-state index is 5.55. The number of hydrogen-bond acceptors (Lipinski definition) is 3. The Morgan fingerprint density at radius 1 is 1.41 bits per heavy atom. The first-order chi connectivity index (χ1) is 7.99. The summed E-state index contributed by atoms with van der Waals surface area (Å²) in [6, 6.07) is 1.21. The summed E-state index contributed by atoms with van der Waals surface area (Å²) < 4.78 is 5.55. The smallest absolute Gasteiger partial charge is 0.0622 e. The fourth-order valence-electron chi connectivity index (χ4n) is 2.66. The zero-order valence-corrected chi connectivity index (χ0v) is 12.3. The van der Waals surface area contributed by atoms with Crippen LogP contribution in [0.25, 0.3) is 0 Å². The zero-order valence-electron chi connectivity index (χ0n) is 12.3. The van der Waals surface area contributed by atoms with Crippen molar-refractivity contribution in [1.82, 2.24) is 10.2 Å². The van der Waals surface area contributed by atoms with Gasteiger partial charge in [-0.1, -0.05) is 27.7 Å². The first-order valence-electron chi connectivity index (χ1n) is 6.98. The van der Waals surface area contributed by atoms with Gasteiger partial charge in [-0.05, 0) is 25.3 Å². The van der Waals surface area contributed by atoms with E-state index in [-0.39, 0.29) is 0 Å². The van der Waals surface area contributed by atoms with E-state index in [0.29, 0.717) is 17.5 Å². The van der Waals surface area contributed by atoms with Crippen molar-refractivity contribution in [2.24, 2.45) is 5.41 Å². The van der Waals surface area contributed by atoms with E-state index in [1.807, 2.05) is 0 Å². The van der Waals surface area contributed by atoms with Gasteiger partial charge in [-0.25, -0.2) is 0 Å². The first kappa shape index (κ1) is 14.9. The minimum atomic E-state index is 0.336. The average molecular weight is 242 g/mol. The molecule has 0 radical (unpaired) electrons. The molecule has 3 heteroatoms. The second kappa shape index (κ2) is 6.72.